The van der Waals surface area contributed by atoms with E-state index in [-0.39, 0.29) is 17.7 Å². The second-order valence-electron chi connectivity index (χ2n) is 6.35. The average molecular weight is 306 g/mol. The Morgan fingerprint density at radius 1 is 1.50 bits per heavy atom. The Bertz CT molecular complexity index is 577. The molecule has 0 aromatic heterocycles. The van der Waals surface area contributed by atoms with E-state index in [4.69, 9.17) is 4.74 Å². The van der Waals surface area contributed by atoms with Crippen LogP contribution < -0.4 is 5.32 Å². The van der Waals surface area contributed by atoms with Crippen LogP contribution in [0.4, 0.5) is 0 Å². The first-order chi connectivity index (χ1) is 10.2. The number of dihydropyridines is 1. The third-order valence-corrected chi connectivity index (χ3v) is 3.90. The summed E-state index contributed by atoms with van der Waals surface area (Å²) in [4.78, 5) is 28.0. The number of nitrogens with one attached hydrogen (secondary N) is 1. The molecule has 2 heterocycles. The fourth-order valence-electron chi connectivity index (χ4n) is 2.81. The number of rotatable bonds is 5. The van der Waals surface area contributed by atoms with Gasteiger partial charge in [-0.25, -0.2) is 4.79 Å². The van der Waals surface area contributed by atoms with Crippen molar-refractivity contribution in [1.29, 1.82) is 0 Å². The lowest BCUT2D eigenvalue weighted by Crippen LogP contribution is -2.43. The van der Waals surface area contributed by atoms with Crippen LogP contribution in [0.15, 0.2) is 28.5 Å². The zero-order valence-electron chi connectivity index (χ0n) is 13.3. The first-order valence-electron chi connectivity index (χ1n) is 7.39. The number of aliphatic carboxylic acids is 1. The van der Waals surface area contributed by atoms with Gasteiger partial charge in [-0.2, -0.15) is 0 Å². The van der Waals surface area contributed by atoms with Gasteiger partial charge in [-0.1, -0.05) is 13.8 Å². The summed E-state index contributed by atoms with van der Waals surface area (Å²) in [6.45, 7) is 7.47. The lowest BCUT2D eigenvalue weighted by Gasteiger charge is -2.28. The van der Waals surface area contributed by atoms with Crippen LogP contribution in [-0.2, 0) is 14.3 Å². The Morgan fingerprint density at radius 3 is 2.73 bits per heavy atom. The van der Waals surface area contributed by atoms with Gasteiger partial charge in [0.2, 0.25) is 0 Å². The molecule has 1 amide bonds. The number of aliphatic imine (C=N–C) groups is 1. The molecule has 0 bridgehead atoms. The maximum atomic E-state index is 12.4. The number of amides is 1. The highest BCUT2D eigenvalue weighted by atomic mass is 16.5. The number of nitrogens with zero attached hydrogens (tertiary/aromatic N) is 1. The zero-order chi connectivity index (χ0) is 16.5. The molecule has 0 aliphatic carbocycles. The summed E-state index contributed by atoms with van der Waals surface area (Å²) in [5.41, 5.74) is 0.0386. The van der Waals surface area contributed by atoms with Crippen LogP contribution in [-0.4, -0.2) is 40.9 Å². The van der Waals surface area contributed by atoms with Crippen molar-refractivity contribution in [1.82, 2.24) is 5.32 Å². The second kappa shape index (κ2) is 5.94. The summed E-state index contributed by atoms with van der Waals surface area (Å²) in [6, 6.07) is -1.17. The molecule has 0 aromatic rings. The van der Waals surface area contributed by atoms with Crippen LogP contribution in [0, 0.1) is 5.92 Å². The van der Waals surface area contributed by atoms with E-state index in [9.17, 15) is 14.7 Å². The highest BCUT2D eigenvalue weighted by molar-refractivity contribution is 5.96. The highest BCUT2D eigenvalue weighted by Crippen LogP contribution is 2.38. The number of carboxylic acids is 1. The molecule has 22 heavy (non-hydrogen) atoms. The average Bonchev–Trinajstić information content (AvgIpc) is 2.69. The van der Waals surface area contributed by atoms with Gasteiger partial charge in [0.15, 0.2) is 11.4 Å². The van der Waals surface area contributed by atoms with Crippen molar-refractivity contribution < 1.29 is 19.4 Å². The van der Waals surface area contributed by atoms with E-state index in [0.717, 1.165) is 0 Å². The molecule has 2 unspecified atom stereocenters. The molecule has 120 valence electrons. The zero-order valence-corrected chi connectivity index (χ0v) is 13.3. The Hall–Kier alpha value is -2.11. The van der Waals surface area contributed by atoms with E-state index >= 15 is 0 Å². The molecule has 0 fully saturated rings. The summed E-state index contributed by atoms with van der Waals surface area (Å²) < 4.78 is 5.79. The Morgan fingerprint density at radius 2 is 2.18 bits per heavy atom. The number of carbonyl (C=O) groups is 2. The van der Waals surface area contributed by atoms with E-state index in [1.54, 1.807) is 19.2 Å². The number of allylic oxidation sites excluding steroid dienone is 1. The summed E-state index contributed by atoms with van der Waals surface area (Å²) in [5.74, 6) is -1.20. The normalized spacial score (nSPS) is 27.6. The van der Waals surface area contributed by atoms with Crippen LogP contribution in [0.1, 0.15) is 34.1 Å². The quantitative estimate of drug-likeness (QED) is 0.809. The molecule has 0 aromatic carbocycles. The van der Waals surface area contributed by atoms with E-state index in [1.165, 1.54) is 0 Å². The summed E-state index contributed by atoms with van der Waals surface area (Å²) in [7, 11) is 0. The molecule has 6 nitrogen and oxygen atoms in total. The fraction of sp³-hybridized carbons (Fsp3) is 0.562. The predicted octanol–water partition coefficient (Wildman–Crippen LogP) is 1.67. The first kappa shape index (κ1) is 16.3. The van der Waals surface area contributed by atoms with Crippen molar-refractivity contribution in [3.05, 3.63) is 23.5 Å². The molecule has 0 saturated carbocycles. The highest BCUT2D eigenvalue weighted by Gasteiger charge is 2.46. The molecular weight excluding hydrogens is 284 g/mol. The molecule has 2 aliphatic heterocycles. The van der Waals surface area contributed by atoms with E-state index in [1.807, 2.05) is 26.8 Å². The third-order valence-electron chi connectivity index (χ3n) is 3.90. The maximum Gasteiger partial charge on any atom is 0.326 e. The van der Waals surface area contributed by atoms with E-state index < -0.39 is 23.5 Å². The van der Waals surface area contributed by atoms with Gasteiger partial charge in [0.25, 0.3) is 5.91 Å². The molecular formula is C16H22N2O4. The van der Waals surface area contributed by atoms with Crippen molar-refractivity contribution >= 4 is 18.1 Å². The number of hydrogen-bond donors (Lipinski definition) is 2. The van der Waals surface area contributed by atoms with Gasteiger partial charge in [-0.05, 0) is 38.3 Å². The van der Waals surface area contributed by atoms with Crippen molar-refractivity contribution in [2.75, 3.05) is 0 Å². The van der Waals surface area contributed by atoms with E-state index in [2.05, 4.69) is 10.3 Å². The van der Waals surface area contributed by atoms with Gasteiger partial charge in [0.1, 0.15) is 12.1 Å². The molecule has 6 heteroatoms. The first-order valence-corrected chi connectivity index (χ1v) is 7.39. The molecule has 2 N–H and O–H groups in total. The SMILES string of the molecule is CC1=C(C(=O)N[C@@H](CC(C)C)C(=O)O)OC2(C)C=CC=NC12. The standard InChI is InChI=1S/C16H22N2O4/c1-9(2)8-11(15(20)21)18-14(19)12-10(3)13-16(4,22-12)6-5-7-17-13/h5-7,9,11,13H,8H2,1-4H3,(H,18,19)(H,20,21)/t11-,13?,16?/m0/s1. The molecule has 2 rings (SSSR count). The lowest BCUT2D eigenvalue weighted by atomic mass is 9.91. The Kier molecular flexibility index (Phi) is 4.39. The fourth-order valence-corrected chi connectivity index (χ4v) is 2.81. The summed E-state index contributed by atoms with van der Waals surface area (Å²) in [5, 5.41) is 11.8. The van der Waals surface area contributed by atoms with Crippen molar-refractivity contribution in [3.63, 3.8) is 0 Å². The summed E-state index contributed by atoms with van der Waals surface area (Å²) in [6.07, 6.45) is 5.69. The minimum atomic E-state index is -1.04. The van der Waals surface area contributed by atoms with Gasteiger partial charge < -0.3 is 15.2 Å². The van der Waals surface area contributed by atoms with Crippen LogP contribution in [0.2, 0.25) is 0 Å². The Labute approximate surface area is 129 Å². The second-order valence-corrected chi connectivity index (χ2v) is 6.35. The van der Waals surface area contributed by atoms with Gasteiger partial charge in [0.05, 0.1) is 0 Å². The number of ether oxygens (including phenoxy) is 1. The van der Waals surface area contributed by atoms with Gasteiger partial charge in [0, 0.05) is 11.8 Å². The van der Waals surface area contributed by atoms with Gasteiger partial charge in [-0.15, -0.1) is 0 Å². The molecule has 0 saturated heterocycles. The monoisotopic (exact) mass is 306 g/mol. The predicted molar refractivity (Wildman–Crippen MR) is 82.6 cm³/mol. The lowest BCUT2D eigenvalue weighted by molar-refractivity contribution is -0.142. The van der Waals surface area contributed by atoms with E-state index in [0.29, 0.717) is 12.0 Å². The number of carbonyl (C=O) groups excluding carboxylic acids is 1. The molecule has 2 aliphatic rings. The summed E-state index contributed by atoms with van der Waals surface area (Å²) >= 11 is 0. The van der Waals surface area contributed by atoms with Crippen LogP contribution in [0.5, 0.6) is 0 Å². The molecule has 3 atom stereocenters. The van der Waals surface area contributed by atoms with Crippen LogP contribution >= 0.6 is 0 Å². The van der Waals surface area contributed by atoms with Crippen molar-refractivity contribution in [2.45, 2.75) is 51.8 Å². The smallest absolute Gasteiger partial charge is 0.326 e. The van der Waals surface area contributed by atoms with Gasteiger partial charge in [-0.3, -0.25) is 9.79 Å². The topological polar surface area (TPSA) is 88.0 Å². The van der Waals surface area contributed by atoms with Crippen LogP contribution in [0.25, 0.3) is 0 Å². The number of carboxylic acid groups (broad SMARTS) is 1. The number of fused-ring (bicyclic) bond motifs is 1. The largest absolute Gasteiger partial charge is 0.480 e. The van der Waals surface area contributed by atoms with Crippen molar-refractivity contribution in [2.24, 2.45) is 10.9 Å². The van der Waals surface area contributed by atoms with Crippen molar-refractivity contribution in [3.8, 4) is 0 Å². The third kappa shape index (κ3) is 3.05. The van der Waals surface area contributed by atoms with Crippen LogP contribution in [0.3, 0.4) is 0 Å². The molecule has 0 spiro atoms. The minimum absolute atomic E-state index is 0.161. The molecule has 0 radical (unpaired) electrons. The Balaban J connectivity index is 2.16. The number of hydrogen-bond acceptors (Lipinski definition) is 4. The maximum absolute atomic E-state index is 12.4. The minimum Gasteiger partial charge on any atom is -0.480 e. The van der Waals surface area contributed by atoms with Gasteiger partial charge >= 0.3 is 5.97 Å².